The van der Waals surface area contributed by atoms with Gasteiger partial charge in [0.05, 0.1) is 18.9 Å². The molecule has 0 radical (unpaired) electrons. The molecule has 8 N–H and O–H groups in total. The fourth-order valence-corrected chi connectivity index (χ4v) is 7.27. The van der Waals surface area contributed by atoms with Crippen LogP contribution in [0, 0.1) is 5.92 Å². The summed E-state index contributed by atoms with van der Waals surface area (Å²) in [5, 5.41) is 31.6. The van der Waals surface area contributed by atoms with Gasteiger partial charge in [0.2, 0.25) is 0 Å². The first kappa shape index (κ1) is 42.7. The monoisotopic (exact) mass is 771 g/mol. The molecule has 0 bridgehead atoms. The largest absolute Gasteiger partial charge is 0.508 e. The molecule has 0 amide bonds. The van der Waals surface area contributed by atoms with Crippen LogP contribution in [0.5, 0.6) is 17.2 Å². The van der Waals surface area contributed by atoms with Crippen molar-refractivity contribution in [3.8, 4) is 17.2 Å². The number of Topliss-reactive ketones (excluding diaryl/α,β-unsaturated/α-hetero) is 1. The molecule has 0 spiro atoms. The number of carbonyl (C=O) groups excluding carboxylic acids is 2. The maximum atomic E-state index is 13.3. The number of H-pyrrole nitrogens is 1. The van der Waals surface area contributed by atoms with Gasteiger partial charge in [-0.05, 0) is 110 Å². The highest BCUT2D eigenvalue weighted by Crippen LogP contribution is 2.36. The maximum Gasteiger partial charge on any atom is 0.165 e. The van der Waals surface area contributed by atoms with Crippen LogP contribution in [0.15, 0.2) is 122 Å². The van der Waals surface area contributed by atoms with Gasteiger partial charge in [0.15, 0.2) is 23.1 Å². The summed E-state index contributed by atoms with van der Waals surface area (Å²) >= 11 is 0. The van der Waals surface area contributed by atoms with Crippen LogP contribution < -0.4 is 16.2 Å². The molecule has 1 aromatic heterocycles. The molecule has 5 rings (SSSR count). The third-order valence-corrected chi connectivity index (χ3v) is 10.5. The number of phenolic OH excluding ortho intramolecular Hbond substituents is 2. The van der Waals surface area contributed by atoms with Crippen molar-refractivity contribution in [2.75, 3.05) is 6.61 Å². The third kappa shape index (κ3) is 13.6. The van der Waals surface area contributed by atoms with Crippen LogP contribution in [-0.4, -0.2) is 44.6 Å². The average molecular weight is 772 g/mol. The first-order chi connectivity index (χ1) is 27.5. The van der Waals surface area contributed by atoms with Gasteiger partial charge in [0.25, 0.3) is 0 Å². The summed E-state index contributed by atoms with van der Waals surface area (Å²) in [7, 11) is 0. The van der Waals surface area contributed by atoms with Crippen molar-refractivity contribution in [3.63, 3.8) is 0 Å². The van der Waals surface area contributed by atoms with E-state index in [1.54, 1.807) is 48.8 Å². The van der Waals surface area contributed by atoms with Crippen molar-refractivity contribution in [1.29, 1.82) is 0 Å². The number of aryl methyl sites for hydroxylation is 2. The number of aromatic nitrogens is 1. The number of ketones is 2. The molecule has 0 aliphatic rings. The van der Waals surface area contributed by atoms with Crippen LogP contribution in [0.4, 0.5) is 0 Å². The molecule has 57 heavy (non-hydrogen) atoms. The Morgan fingerprint density at radius 2 is 1.53 bits per heavy atom. The van der Waals surface area contributed by atoms with Crippen LogP contribution in [0.2, 0.25) is 0 Å². The number of unbranched alkanes of at least 4 members (excludes halogenated alkanes) is 1. The van der Waals surface area contributed by atoms with Gasteiger partial charge in [-0.15, -0.1) is 0 Å². The molecule has 1 heterocycles. The summed E-state index contributed by atoms with van der Waals surface area (Å²) in [4.78, 5) is 28.9. The molecule has 0 aliphatic carbocycles. The fraction of sp³-hybridized carbons (Fsp3) is 0.333. The predicted octanol–water partition coefficient (Wildman–Crippen LogP) is 8.62. The molecule has 9 nitrogen and oxygen atoms in total. The lowest BCUT2D eigenvalue weighted by Crippen LogP contribution is -2.20. The highest BCUT2D eigenvalue weighted by molar-refractivity contribution is 5.96. The normalized spacial score (nSPS) is 13.1. The number of aromatic amines is 1. The van der Waals surface area contributed by atoms with Crippen molar-refractivity contribution >= 4 is 11.6 Å². The number of nitrogens with one attached hydrogen (secondary N) is 1. The second-order valence-electron chi connectivity index (χ2n) is 15.0. The lowest BCUT2D eigenvalue weighted by molar-refractivity contribution is -0.114. The van der Waals surface area contributed by atoms with E-state index in [-0.39, 0.29) is 42.2 Å². The predicted molar refractivity (Wildman–Crippen MR) is 225 cm³/mol. The molecule has 5 aromatic rings. The lowest BCUT2D eigenvalue weighted by Gasteiger charge is -2.20. The van der Waals surface area contributed by atoms with Crippen LogP contribution in [0.1, 0.15) is 108 Å². The zero-order valence-electron chi connectivity index (χ0n) is 32.9. The summed E-state index contributed by atoms with van der Waals surface area (Å²) < 4.78 is 6.02. The standard InChI is InChI=1S/C48H57N3O6/c1-33(52)28-35(13-12-34-8-4-2-5-9-34)10-6-3-7-11-41(53)21-14-36-16-23-45(55)47(30-36)57-27-25-37-15-22-44(54)43(29-37)42(31-46(56)40-24-26-51-32-40)38-17-19-39(20-18-38)48(49)50/h2,4-5,7-9,11,15-20,22-24,26,29-30,32-33,35,42,48,51-52,54-55H,3,6,10,12-14,21,25,27-28,31,49-50H2,1H3. The summed E-state index contributed by atoms with van der Waals surface area (Å²) in [6, 6.07) is 30.1. The minimum atomic E-state index is -0.626. The van der Waals surface area contributed by atoms with Gasteiger partial charge in [-0.2, -0.15) is 0 Å². The van der Waals surface area contributed by atoms with E-state index in [2.05, 4.69) is 29.2 Å². The Labute approximate surface area is 336 Å². The molecule has 4 aromatic carbocycles. The Morgan fingerprint density at radius 1 is 0.807 bits per heavy atom. The van der Waals surface area contributed by atoms with Crippen molar-refractivity contribution in [2.45, 2.75) is 89.3 Å². The van der Waals surface area contributed by atoms with Gasteiger partial charge in [0, 0.05) is 48.7 Å². The molecule has 3 atom stereocenters. The van der Waals surface area contributed by atoms with Crippen LogP contribution in [-0.2, 0) is 24.1 Å². The highest BCUT2D eigenvalue weighted by atomic mass is 16.5. The number of phenols is 2. The van der Waals surface area contributed by atoms with E-state index < -0.39 is 12.1 Å². The number of nitrogens with two attached hydrogens (primary N) is 2. The van der Waals surface area contributed by atoms with Crippen molar-refractivity contribution in [1.82, 2.24) is 4.98 Å². The van der Waals surface area contributed by atoms with Crippen LogP contribution in [0.3, 0.4) is 0 Å². The van der Waals surface area contributed by atoms with Gasteiger partial charge < -0.3 is 36.5 Å². The molecular weight excluding hydrogens is 715 g/mol. The molecule has 0 saturated heterocycles. The summed E-state index contributed by atoms with van der Waals surface area (Å²) in [5.41, 5.74) is 17.6. The van der Waals surface area contributed by atoms with Crippen LogP contribution in [0.25, 0.3) is 0 Å². The second kappa shape index (κ2) is 21.7. The number of aliphatic hydroxyl groups excluding tert-OH is 1. The number of benzene rings is 4. The molecule has 0 aliphatic heterocycles. The minimum absolute atomic E-state index is 0.0120. The van der Waals surface area contributed by atoms with Gasteiger partial charge in [-0.1, -0.05) is 85.3 Å². The number of hydrogen-bond donors (Lipinski definition) is 6. The van der Waals surface area contributed by atoms with E-state index in [0.717, 1.165) is 60.8 Å². The lowest BCUT2D eigenvalue weighted by atomic mass is 9.84. The summed E-state index contributed by atoms with van der Waals surface area (Å²) in [5.74, 6) is 0.416. The van der Waals surface area contributed by atoms with Gasteiger partial charge in [-0.3, -0.25) is 9.59 Å². The van der Waals surface area contributed by atoms with E-state index >= 15 is 0 Å². The first-order valence-corrected chi connectivity index (χ1v) is 20.0. The van der Waals surface area contributed by atoms with E-state index in [1.807, 2.05) is 55.5 Å². The Balaban J connectivity index is 1.12. The van der Waals surface area contributed by atoms with E-state index in [0.29, 0.717) is 42.1 Å². The zero-order chi connectivity index (χ0) is 40.6. The van der Waals surface area contributed by atoms with Gasteiger partial charge >= 0.3 is 0 Å². The van der Waals surface area contributed by atoms with E-state index in [9.17, 15) is 24.9 Å². The summed E-state index contributed by atoms with van der Waals surface area (Å²) in [6.07, 6.45) is 13.1. The quantitative estimate of drug-likeness (QED) is 0.0166. The number of rotatable bonds is 23. The molecular formula is C48H57N3O6. The average Bonchev–Trinajstić information content (AvgIpc) is 3.76. The van der Waals surface area contributed by atoms with Gasteiger partial charge in [0.1, 0.15) is 5.75 Å². The third-order valence-electron chi connectivity index (χ3n) is 10.5. The first-order valence-electron chi connectivity index (χ1n) is 20.0. The Kier molecular flexibility index (Phi) is 16.3. The van der Waals surface area contributed by atoms with E-state index in [4.69, 9.17) is 16.2 Å². The van der Waals surface area contributed by atoms with Gasteiger partial charge in [-0.25, -0.2) is 0 Å². The maximum absolute atomic E-state index is 13.3. The number of hydrogen-bond acceptors (Lipinski definition) is 8. The SMILES string of the molecule is CC(O)CC(CCCC=CC(=O)CCc1ccc(O)c(OCCc2ccc(O)c(C(CC(=O)c3cc[nH]c3)c3ccc(C(N)N)cc3)c2)c1)CCc1ccccc1. The number of carbonyl (C=O) groups is 2. The summed E-state index contributed by atoms with van der Waals surface area (Å²) in [6.45, 7) is 2.10. The number of aliphatic hydroxyl groups is 1. The number of ether oxygens (including phenoxy) is 1. The Morgan fingerprint density at radius 3 is 2.23 bits per heavy atom. The Hall–Kier alpha value is -5.48. The number of aromatic hydroxyl groups is 2. The van der Waals surface area contributed by atoms with Crippen molar-refractivity contribution < 1.29 is 29.6 Å². The molecule has 0 fully saturated rings. The second-order valence-corrected chi connectivity index (χ2v) is 15.0. The Bertz CT molecular complexity index is 2020. The fourth-order valence-electron chi connectivity index (χ4n) is 7.27. The number of allylic oxidation sites excluding steroid dienone is 2. The smallest absolute Gasteiger partial charge is 0.165 e. The van der Waals surface area contributed by atoms with Crippen molar-refractivity contribution in [3.05, 3.63) is 161 Å². The molecule has 300 valence electrons. The highest BCUT2D eigenvalue weighted by Gasteiger charge is 2.23. The molecule has 0 saturated carbocycles. The molecule has 3 unspecified atom stereocenters. The van der Waals surface area contributed by atoms with Crippen LogP contribution >= 0.6 is 0 Å². The van der Waals surface area contributed by atoms with E-state index in [1.165, 1.54) is 5.56 Å². The topological polar surface area (TPSA) is 172 Å². The minimum Gasteiger partial charge on any atom is -0.508 e. The van der Waals surface area contributed by atoms with Crippen molar-refractivity contribution in [2.24, 2.45) is 17.4 Å². The molecule has 9 heteroatoms. The zero-order valence-corrected chi connectivity index (χ0v) is 32.9.